The van der Waals surface area contributed by atoms with Gasteiger partial charge >= 0.3 is 0 Å². The molecular formula is C10H6NO3-. The van der Waals surface area contributed by atoms with Crippen LogP contribution in [0, 0.1) is 0 Å². The quantitative estimate of drug-likeness (QED) is 0.695. The average Bonchev–Trinajstić information content (AvgIpc) is 2.67. The molecule has 4 heteroatoms. The largest absolute Gasteiger partial charge is 0.543 e. The number of carbonyl (C=O) groups is 1. The van der Waals surface area contributed by atoms with Gasteiger partial charge in [-0.1, -0.05) is 30.3 Å². The predicted octanol–water partition coefficient (Wildman–Crippen LogP) is 0.705. The van der Waals surface area contributed by atoms with Crippen molar-refractivity contribution in [3.63, 3.8) is 0 Å². The third kappa shape index (κ3) is 1.37. The van der Waals surface area contributed by atoms with Gasteiger partial charge in [-0.3, -0.25) is 0 Å². The smallest absolute Gasteiger partial charge is 0.182 e. The summed E-state index contributed by atoms with van der Waals surface area (Å²) in [6.07, 6.45) is 1.09. The summed E-state index contributed by atoms with van der Waals surface area (Å²) < 4.78 is 4.98. The number of carboxylic acid groups (broad SMARTS) is 1. The van der Waals surface area contributed by atoms with Crippen LogP contribution >= 0.6 is 0 Å². The zero-order valence-electron chi connectivity index (χ0n) is 7.14. The summed E-state index contributed by atoms with van der Waals surface area (Å²) in [7, 11) is 0. The summed E-state index contributed by atoms with van der Waals surface area (Å²) in [4.78, 5) is 14.2. The van der Waals surface area contributed by atoms with Crippen LogP contribution in [0.4, 0.5) is 0 Å². The molecule has 0 bridgehead atoms. The van der Waals surface area contributed by atoms with Crippen molar-refractivity contribution in [3.8, 4) is 11.3 Å². The van der Waals surface area contributed by atoms with Gasteiger partial charge in [0.1, 0.15) is 5.69 Å². The minimum atomic E-state index is -1.34. The van der Waals surface area contributed by atoms with Crippen molar-refractivity contribution in [2.45, 2.75) is 0 Å². The molecule has 0 N–H and O–H groups in total. The summed E-state index contributed by atoms with van der Waals surface area (Å²) in [6, 6.07) is 8.90. The lowest BCUT2D eigenvalue weighted by Crippen LogP contribution is -2.23. The summed E-state index contributed by atoms with van der Waals surface area (Å²) >= 11 is 0. The lowest BCUT2D eigenvalue weighted by molar-refractivity contribution is -0.255. The molecule has 0 amide bonds. The van der Waals surface area contributed by atoms with Crippen LogP contribution in [0.5, 0.6) is 0 Å². The first kappa shape index (κ1) is 8.50. The molecular weight excluding hydrogens is 182 g/mol. The standard InChI is InChI=1S/C10H7NO3/c12-10(13)8-9(14-6-11-8)7-4-2-1-3-5-7/h1-6H,(H,12,13)/p-1. The molecule has 0 saturated heterocycles. The van der Waals surface area contributed by atoms with E-state index in [1.807, 2.05) is 6.07 Å². The second-order valence-electron chi connectivity index (χ2n) is 2.68. The SMILES string of the molecule is O=C([O-])c1ncoc1-c1ccccc1. The van der Waals surface area contributed by atoms with E-state index in [9.17, 15) is 9.90 Å². The van der Waals surface area contributed by atoms with Crippen LogP contribution in [-0.2, 0) is 0 Å². The Balaban J connectivity index is 2.52. The maximum absolute atomic E-state index is 10.6. The van der Waals surface area contributed by atoms with Gasteiger partial charge < -0.3 is 14.3 Å². The van der Waals surface area contributed by atoms with E-state index < -0.39 is 5.97 Å². The van der Waals surface area contributed by atoms with Gasteiger partial charge in [-0.15, -0.1) is 0 Å². The average molecular weight is 188 g/mol. The Morgan fingerprint density at radius 3 is 2.64 bits per heavy atom. The van der Waals surface area contributed by atoms with Crippen molar-refractivity contribution in [1.29, 1.82) is 0 Å². The van der Waals surface area contributed by atoms with E-state index in [0.717, 1.165) is 6.39 Å². The van der Waals surface area contributed by atoms with Crippen LogP contribution in [0.15, 0.2) is 41.1 Å². The van der Waals surface area contributed by atoms with Gasteiger partial charge in [-0.25, -0.2) is 4.98 Å². The zero-order chi connectivity index (χ0) is 9.97. The highest BCUT2D eigenvalue weighted by Gasteiger charge is 2.10. The summed E-state index contributed by atoms with van der Waals surface area (Å²) in [5.41, 5.74) is 0.500. The molecule has 1 aromatic heterocycles. The van der Waals surface area contributed by atoms with E-state index in [1.54, 1.807) is 24.3 Å². The molecule has 0 fully saturated rings. The summed E-state index contributed by atoms with van der Waals surface area (Å²) in [6.45, 7) is 0. The number of oxazole rings is 1. The highest BCUT2D eigenvalue weighted by Crippen LogP contribution is 2.21. The second kappa shape index (κ2) is 3.33. The molecule has 1 heterocycles. The molecule has 0 atom stereocenters. The third-order valence-corrected chi connectivity index (χ3v) is 1.80. The van der Waals surface area contributed by atoms with Crippen LogP contribution in [0.1, 0.15) is 10.5 Å². The molecule has 0 aliphatic carbocycles. The van der Waals surface area contributed by atoms with Gasteiger partial charge in [-0.05, 0) is 0 Å². The van der Waals surface area contributed by atoms with E-state index in [1.165, 1.54) is 0 Å². The van der Waals surface area contributed by atoms with Crippen molar-refractivity contribution < 1.29 is 14.3 Å². The molecule has 0 aliphatic heterocycles. The minimum absolute atomic E-state index is 0.170. The van der Waals surface area contributed by atoms with E-state index >= 15 is 0 Å². The van der Waals surface area contributed by atoms with Gasteiger partial charge in [-0.2, -0.15) is 0 Å². The normalized spacial score (nSPS) is 10.0. The number of aromatic nitrogens is 1. The van der Waals surface area contributed by atoms with Crippen molar-refractivity contribution in [3.05, 3.63) is 42.4 Å². The Bertz CT molecular complexity index is 447. The van der Waals surface area contributed by atoms with Gasteiger partial charge in [0, 0.05) is 5.56 Å². The summed E-state index contributed by atoms with van der Waals surface area (Å²) in [5.74, 6) is -1.11. The molecule has 0 radical (unpaired) electrons. The number of hydrogen-bond acceptors (Lipinski definition) is 4. The molecule has 0 spiro atoms. The molecule has 2 rings (SSSR count). The molecule has 70 valence electrons. The van der Waals surface area contributed by atoms with Gasteiger partial charge in [0.2, 0.25) is 0 Å². The molecule has 1 aromatic carbocycles. The maximum atomic E-state index is 10.6. The molecule has 14 heavy (non-hydrogen) atoms. The third-order valence-electron chi connectivity index (χ3n) is 1.80. The highest BCUT2D eigenvalue weighted by molar-refractivity contribution is 5.90. The van der Waals surface area contributed by atoms with Gasteiger partial charge in [0.15, 0.2) is 12.2 Å². The van der Waals surface area contributed by atoms with Crippen molar-refractivity contribution in [2.75, 3.05) is 0 Å². The van der Waals surface area contributed by atoms with Gasteiger partial charge in [0.05, 0.1) is 5.97 Å². The van der Waals surface area contributed by atoms with Crippen LogP contribution < -0.4 is 5.11 Å². The second-order valence-corrected chi connectivity index (χ2v) is 2.68. The Morgan fingerprint density at radius 2 is 2.00 bits per heavy atom. The highest BCUT2D eigenvalue weighted by atomic mass is 16.4. The van der Waals surface area contributed by atoms with E-state index in [4.69, 9.17) is 4.42 Å². The predicted molar refractivity (Wildman–Crippen MR) is 46.3 cm³/mol. The molecule has 2 aromatic rings. The monoisotopic (exact) mass is 188 g/mol. The number of rotatable bonds is 2. The Kier molecular flexibility index (Phi) is 2.02. The van der Waals surface area contributed by atoms with Crippen LogP contribution in [-0.4, -0.2) is 11.0 Å². The van der Waals surface area contributed by atoms with Gasteiger partial charge in [0.25, 0.3) is 0 Å². The number of benzene rings is 1. The number of carbonyl (C=O) groups excluding carboxylic acids is 1. The van der Waals surface area contributed by atoms with Crippen molar-refractivity contribution in [2.24, 2.45) is 0 Å². The Morgan fingerprint density at radius 1 is 1.29 bits per heavy atom. The maximum Gasteiger partial charge on any atom is 0.182 e. The van der Waals surface area contributed by atoms with E-state index in [0.29, 0.717) is 5.56 Å². The fourth-order valence-corrected chi connectivity index (χ4v) is 1.19. The van der Waals surface area contributed by atoms with Crippen LogP contribution in [0.3, 0.4) is 0 Å². The fourth-order valence-electron chi connectivity index (χ4n) is 1.19. The van der Waals surface area contributed by atoms with E-state index in [2.05, 4.69) is 4.98 Å². The van der Waals surface area contributed by atoms with Crippen molar-refractivity contribution in [1.82, 2.24) is 4.98 Å². The lowest BCUT2D eigenvalue weighted by atomic mass is 10.1. The molecule has 0 aliphatic rings. The van der Waals surface area contributed by atoms with Crippen molar-refractivity contribution >= 4 is 5.97 Å². The number of nitrogens with zero attached hydrogens (tertiary/aromatic N) is 1. The number of aromatic carboxylic acids is 1. The molecule has 4 nitrogen and oxygen atoms in total. The van der Waals surface area contributed by atoms with E-state index in [-0.39, 0.29) is 11.5 Å². The molecule has 0 unspecified atom stereocenters. The first-order chi connectivity index (χ1) is 6.79. The lowest BCUT2D eigenvalue weighted by Gasteiger charge is -2.00. The first-order valence-electron chi connectivity index (χ1n) is 3.99. The number of carboxylic acids is 1. The topological polar surface area (TPSA) is 66.2 Å². The molecule has 0 saturated carbocycles. The number of hydrogen-bond donors (Lipinski definition) is 0. The zero-order valence-corrected chi connectivity index (χ0v) is 7.14. The minimum Gasteiger partial charge on any atom is -0.543 e. The Labute approximate surface area is 79.8 Å². The Hall–Kier alpha value is -2.10. The fraction of sp³-hybridized carbons (Fsp3) is 0. The van der Waals surface area contributed by atoms with Crippen LogP contribution in [0.2, 0.25) is 0 Å². The van der Waals surface area contributed by atoms with Crippen LogP contribution in [0.25, 0.3) is 11.3 Å². The first-order valence-corrected chi connectivity index (χ1v) is 3.99. The summed E-state index contributed by atoms with van der Waals surface area (Å²) in [5, 5.41) is 10.6.